The first-order valence-electron chi connectivity index (χ1n) is 10.6. The maximum absolute atomic E-state index is 12.8. The number of carbonyl (C=O) groups is 1. The van der Waals surface area contributed by atoms with Gasteiger partial charge in [-0.1, -0.05) is 30.3 Å². The fourth-order valence-electron chi connectivity index (χ4n) is 3.38. The van der Waals surface area contributed by atoms with Crippen LogP contribution < -0.4 is 10.1 Å². The van der Waals surface area contributed by atoms with Crippen molar-refractivity contribution < 1.29 is 22.4 Å². The van der Waals surface area contributed by atoms with Crippen LogP contribution in [0.25, 0.3) is 11.5 Å². The van der Waals surface area contributed by atoms with Crippen molar-refractivity contribution in [2.45, 2.75) is 24.1 Å². The Morgan fingerprint density at radius 1 is 0.971 bits per heavy atom. The number of oxazole rings is 1. The van der Waals surface area contributed by atoms with E-state index in [4.69, 9.17) is 9.15 Å². The Morgan fingerprint density at radius 2 is 1.65 bits per heavy atom. The SMILES string of the molecule is COc1ccc(S(=O)(=O)Cc2nc(-c3ccc(C(=O)NCc4ccccc4)cc3)oc2C)cc1. The minimum Gasteiger partial charge on any atom is -0.497 e. The van der Waals surface area contributed by atoms with E-state index in [1.807, 2.05) is 30.3 Å². The first kappa shape index (κ1) is 23.3. The van der Waals surface area contributed by atoms with Crippen LogP contribution in [0.4, 0.5) is 0 Å². The number of amides is 1. The van der Waals surface area contributed by atoms with Crippen LogP contribution in [-0.2, 0) is 22.1 Å². The molecule has 174 valence electrons. The van der Waals surface area contributed by atoms with Crippen molar-refractivity contribution in [2.75, 3.05) is 7.11 Å². The van der Waals surface area contributed by atoms with Crippen LogP contribution in [0, 0.1) is 6.92 Å². The lowest BCUT2D eigenvalue weighted by Gasteiger charge is -2.06. The molecule has 0 unspecified atom stereocenters. The third-order valence-electron chi connectivity index (χ3n) is 5.33. The fourth-order valence-corrected chi connectivity index (χ4v) is 4.72. The Morgan fingerprint density at radius 3 is 2.29 bits per heavy atom. The Kier molecular flexibility index (Phi) is 6.79. The topological polar surface area (TPSA) is 98.5 Å². The van der Waals surface area contributed by atoms with E-state index in [2.05, 4.69) is 10.3 Å². The normalized spacial score (nSPS) is 11.2. The van der Waals surface area contributed by atoms with Gasteiger partial charge in [-0.05, 0) is 61.0 Å². The molecule has 0 saturated heterocycles. The van der Waals surface area contributed by atoms with E-state index in [9.17, 15) is 13.2 Å². The zero-order valence-corrected chi connectivity index (χ0v) is 19.6. The van der Waals surface area contributed by atoms with Gasteiger partial charge >= 0.3 is 0 Å². The van der Waals surface area contributed by atoms with Crippen molar-refractivity contribution in [2.24, 2.45) is 0 Å². The van der Waals surface area contributed by atoms with Crippen LogP contribution in [0.2, 0.25) is 0 Å². The van der Waals surface area contributed by atoms with Crippen LogP contribution in [-0.4, -0.2) is 26.4 Å². The molecule has 0 aliphatic rings. The zero-order chi connectivity index (χ0) is 24.1. The second kappa shape index (κ2) is 9.93. The summed E-state index contributed by atoms with van der Waals surface area (Å²) in [4.78, 5) is 17.0. The van der Waals surface area contributed by atoms with Crippen LogP contribution in [0.15, 0.2) is 88.2 Å². The number of nitrogens with one attached hydrogen (secondary N) is 1. The molecule has 34 heavy (non-hydrogen) atoms. The van der Waals surface area contributed by atoms with E-state index in [0.717, 1.165) is 5.56 Å². The van der Waals surface area contributed by atoms with Crippen molar-refractivity contribution in [1.29, 1.82) is 0 Å². The summed E-state index contributed by atoms with van der Waals surface area (Å²) in [6.07, 6.45) is 0. The highest BCUT2D eigenvalue weighted by Gasteiger charge is 2.21. The number of methoxy groups -OCH3 is 1. The smallest absolute Gasteiger partial charge is 0.251 e. The van der Waals surface area contributed by atoms with Crippen molar-refractivity contribution in [1.82, 2.24) is 10.3 Å². The Hall–Kier alpha value is -3.91. The van der Waals surface area contributed by atoms with Crippen molar-refractivity contribution in [3.8, 4) is 17.2 Å². The summed E-state index contributed by atoms with van der Waals surface area (Å²) in [5, 5.41) is 2.88. The molecular weight excluding hydrogens is 452 g/mol. The van der Waals surface area contributed by atoms with Gasteiger partial charge in [-0.2, -0.15) is 0 Å². The predicted molar refractivity (Wildman–Crippen MR) is 128 cm³/mol. The fraction of sp³-hybridized carbons (Fsp3) is 0.154. The van der Waals surface area contributed by atoms with Gasteiger partial charge < -0.3 is 14.5 Å². The summed E-state index contributed by atoms with van der Waals surface area (Å²) >= 11 is 0. The summed E-state index contributed by atoms with van der Waals surface area (Å²) in [5.41, 5.74) is 2.51. The summed E-state index contributed by atoms with van der Waals surface area (Å²) in [5.74, 6) is 0.834. The third-order valence-corrected chi connectivity index (χ3v) is 6.97. The molecule has 3 aromatic carbocycles. The van der Waals surface area contributed by atoms with E-state index >= 15 is 0 Å². The van der Waals surface area contributed by atoms with E-state index in [0.29, 0.717) is 40.8 Å². The zero-order valence-electron chi connectivity index (χ0n) is 18.8. The summed E-state index contributed by atoms with van der Waals surface area (Å²) in [6.45, 7) is 2.12. The number of rotatable bonds is 8. The quantitative estimate of drug-likeness (QED) is 0.400. The molecule has 8 heteroatoms. The maximum Gasteiger partial charge on any atom is 0.251 e. The molecule has 1 aromatic heterocycles. The summed E-state index contributed by atoms with van der Waals surface area (Å²) < 4.78 is 36.4. The Balaban J connectivity index is 1.45. The van der Waals surface area contributed by atoms with Gasteiger partial charge in [-0.15, -0.1) is 0 Å². The van der Waals surface area contributed by atoms with E-state index in [-0.39, 0.29) is 16.6 Å². The molecule has 0 bridgehead atoms. The number of sulfone groups is 1. The Bertz CT molecular complexity index is 1380. The monoisotopic (exact) mass is 476 g/mol. The Labute approximate surface area is 198 Å². The molecule has 0 fully saturated rings. The van der Waals surface area contributed by atoms with Crippen LogP contribution in [0.5, 0.6) is 5.75 Å². The van der Waals surface area contributed by atoms with Gasteiger partial charge in [0.15, 0.2) is 9.84 Å². The van der Waals surface area contributed by atoms with Gasteiger partial charge in [-0.25, -0.2) is 13.4 Å². The van der Waals surface area contributed by atoms with Crippen LogP contribution >= 0.6 is 0 Å². The number of carbonyl (C=O) groups excluding carboxylic acids is 1. The van der Waals surface area contributed by atoms with E-state index < -0.39 is 9.84 Å². The molecule has 0 spiro atoms. The molecule has 1 heterocycles. The molecular formula is C26H24N2O5S. The number of ether oxygens (including phenoxy) is 1. The van der Waals surface area contributed by atoms with Gasteiger partial charge in [0.25, 0.3) is 5.91 Å². The molecule has 0 aliphatic carbocycles. The van der Waals surface area contributed by atoms with Crippen LogP contribution in [0.1, 0.15) is 27.4 Å². The number of benzene rings is 3. The van der Waals surface area contributed by atoms with E-state index in [1.54, 1.807) is 43.3 Å². The molecule has 7 nitrogen and oxygen atoms in total. The lowest BCUT2D eigenvalue weighted by Crippen LogP contribution is -2.22. The average molecular weight is 477 g/mol. The minimum atomic E-state index is -3.61. The number of aryl methyl sites for hydroxylation is 1. The molecule has 0 saturated carbocycles. The lowest BCUT2D eigenvalue weighted by molar-refractivity contribution is 0.0951. The summed E-state index contributed by atoms with van der Waals surface area (Å²) in [7, 11) is -2.09. The number of hydrogen-bond donors (Lipinski definition) is 1. The van der Waals surface area contributed by atoms with Gasteiger partial charge in [0.1, 0.15) is 17.3 Å². The third kappa shape index (κ3) is 5.35. The number of nitrogens with zero attached hydrogens (tertiary/aromatic N) is 1. The van der Waals surface area contributed by atoms with Gasteiger partial charge in [0, 0.05) is 17.7 Å². The molecule has 1 N–H and O–H groups in total. The first-order valence-corrected chi connectivity index (χ1v) is 12.3. The van der Waals surface area contributed by atoms with Gasteiger partial charge in [-0.3, -0.25) is 4.79 Å². The minimum absolute atomic E-state index is 0.183. The van der Waals surface area contributed by atoms with Crippen molar-refractivity contribution >= 4 is 15.7 Å². The molecule has 0 aliphatic heterocycles. The second-order valence-corrected chi connectivity index (χ2v) is 9.69. The van der Waals surface area contributed by atoms with E-state index in [1.165, 1.54) is 19.2 Å². The highest BCUT2D eigenvalue weighted by molar-refractivity contribution is 7.90. The molecule has 0 atom stereocenters. The van der Waals surface area contributed by atoms with Crippen molar-refractivity contribution in [3.05, 3.63) is 101 Å². The number of aromatic nitrogens is 1. The molecule has 0 radical (unpaired) electrons. The number of hydrogen-bond acceptors (Lipinski definition) is 6. The standard InChI is InChI=1S/C26H24N2O5S/c1-18-24(17-34(30,31)23-14-12-22(32-2)13-15-23)28-26(33-18)21-10-8-20(9-11-21)25(29)27-16-19-6-4-3-5-7-19/h3-15H,16-17H2,1-2H3,(H,27,29). The predicted octanol–water partition coefficient (Wildman–Crippen LogP) is 4.56. The van der Waals surface area contributed by atoms with Gasteiger partial charge in [0.05, 0.1) is 17.7 Å². The first-order chi connectivity index (χ1) is 16.4. The maximum atomic E-state index is 12.8. The largest absolute Gasteiger partial charge is 0.497 e. The lowest BCUT2D eigenvalue weighted by atomic mass is 10.1. The highest BCUT2D eigenvalue weighted by Crippen LogP contribution is 2.26. The molecule has 4 rings (SSSR count). The average Bonchev–Trinajstić information content (AvgIpc) is 3.22. The summed E-state index contributed by atoms with van der Waals surface area (Å²) in [6, 6.07) is 22.7. The second-order valence-electron chi connectivity index (χ2n) is 7.70. The highest BCUT2D eigenvalue weighted by atomic mass is 32.2. The van der Waals surface area contributed by atoms with Crippen LogP contribution in [0.3, 0.4) is 0 Å². The molecule has 4 aromatic rings. The molecule has 1 amide bonds. The van der Waals surface area contributed by atoms with Crippen molar-refractivity contribution in [3.63, 3.8) is 0 Å². The van der Waals surface area contributed by atoms with Gasteiger partial charge in [0.2, 0.25) is 5.89 Å².